The first-order chi connectivity index (χ1) is 9.60. The molecule has 1 amide bonds. The second kappa shape index (κ2) is 7.37. The molecule has 1 atom stereocenters. The number of halogens is 1. The highest BCUT2D eigenvalue weighted by Crippen LogP contribution is 2.31. The van der Waals surface area contributed by atoms with E-state index in [1.54, 1.807) is 11.8 Å². The van der Waals surface area contributed by atoms with Crippen molar-refractivity contribution in [1.82, 2.24) is 4.90 Å². The molecule has 1 aliphatic carbocycles. The number of amides is 1. The fourth-order valence-electron chi connectivity index (χ4n) is 2.20. The van der Waals surface area contributed by atoms with E-state index in [4.69, 9.17) is 11.6 Å². The van der Waals surface area contributed by atoms with Crippen LogP contribution in [-0.4, -0.2) is 29.1 Å². The highest BCUT2D eigenvalue weighted by Gasteiger charge is 2.28. The van der Waals surface area contributed by atoms with Gasteiger partial charge in [-0.05, 0) is 56.4 Å². The molecule has 1 aromatic rings. The fourth-order valence-corrected chi connectivity index (χ4v) is 3.28. The van der Waals surface area contributed by atoms with E-state index in [1.807, 2.05) is 36.1 Å². The summed E-state index contributed by atoms with van der Waals surface area (Å²) in [7, 11) is 0. The van der Waals surface area contributed by atoms with E-state index in [9.17, 15) is 4.79 Å². The van der Waals surface area contributed by atoms with Crippen LogP contribution in [0.4, 0.5) is 0 Å². The summed E-state index contributed by atoms with van der Waals surface area (Å²) in [6.07, 6.45) is 3.59. The van der Waals surface area contributed by atoms with E-state index in [2.05, 4.69) is 6.92 Å². The number of carbonyl (C=O) groups is 1. The standard InChI is InChI=1S/C16H22ClNOS/c1-3-10-18(11-13-4-5-13)16(19)12(2)20-15-8-6-14(17)7-9-15/h6-9,12-13H,3-5,10-11H2,1-2H3. The van der Waals surface area contributed by atoms with Crippen LogP contribution in [0.3, 0.4) is 0 Å². The van der Waals surface area contributed by atoms with Crippen LogP contribution in [0.25, 0.3) is 0 Å². The Balaban J connectivity index is 1.92. The molecule has 110 valence electrons. The second-order valence-corrected chi connectivity index (χ2v) is 7.29. The number of carbonyl (C=O) groups excluding carboxylic acids is 1. The van der Waals surface area contributed by atoms with E-state index < -0.39 is 0 Å². The third-order valence-electron chi connectivity index (χ3n) is 3.45. The molecule has 2 nitrogen and oxygen atoms in total. The predicted molar refractivity (Wildman–Crippen MR) is 86.4 cm³/mol. The lowest BCUT2D eigenvalue weighted by Crippen LogP contribution is -2.38. The Morgan fingerprint density at radius 1 is 1.40 bits per heavy atom. The van der Waals surface area contributed by atoms with Crippen LogP contribution in [0.2, 0.25) is 5.02 Å². The van der Waals surface area contributed by atoms with Crippen LogP contribution in [0.15, 0.2) is 29.2 Å². The molecule has 2 rings (SSSR count). The van der Waals surface area contributed by atoms with Gasteiger partial charge in [0.1, 0.15) is 0 Å². The molecule has 1 aliphatic rings. The molecule has 1 aromatic carbocycles. The molecule has 1 unspecified atom stereocenters. The van der Waals surface area contributed by atoms with Gasteiger partial charge >= 0.3 is 0 Å². The SMILES string of the molecule is CCCN(CC1CC1)C(=O)C(C)Sc1ccc(Cl)cc1. The molecule has 0 saturated heterocycles. The van der Waals surface area contributed by atoms with Crippen molar-refractivity contribution in [3.05, 3.63) is 29.3 Å². The van der Waals surface area contributed by atoms with E-state index >= 15 is 0 Å². The minimum absolute atomic E-state index is 0.0403. The maximum atomic E-state index is 12.5. The average molecular weight is 312 g/mol. The molecule has 1 fully saturated rings. The first-order valence-corrected chi connectivity index (χ1v) is 8.57. The second-order valence-electron chi connectivity index (χ2n) is 5.44. The van der Waals surface area contributed by atoms with Crippen LogP contribution in [0, 0.1) is 5.92 Å². The molecule has 0 bridgehead atoms. The van der Waals surface area contributed by atoms with Gasteiger partial charge in [-0.25, -0.2) is 0 Å². The fraction of sp³-hybridized carbons (Fsp3) is 0.562. The predicted octanol–water partition coefficient (Wildman–Crippen LogP) is 4.47. The molecule has 0 spiro atoms. The molecule has 4 heteroatoms. The van der Waals surface area contributed by atoms with Gasteiger partial charge in [-0.2, -0.15) is 0 Å². The van der Waals surface area contributed by atoms with E-state index in [1.165, 1.54) is 12.8 Å². The van der Waals surface area contributed by atoms with Crippen LogP contribution < -0.4 is 0 Å². The quantitative estimate of drug-likeness (QED) is 0.692. The lowest BCUT2D eigenvalue weighted by Gasteiger charge is -2.25. The monoisotopic (exact) mass is 311 g/mol. The molecule has 0 radical (unpaired) electrons. The smallest absolute Gasteiger partial charge is 0.235 e. The van der Waals surface area contributed by atoms with Gasteiger partial charge in [0, 0.05) is 23.0 Å². The largest absolute Gasteiger partial charge is 0.341 e. The Bertz CT molecular complexity index is 444. The summed E-state index contributed by atoms with van der Waals surface area (Å²) in [6, 6.07) is 7.69. The van der Waals surface area contributed by atoms with Crippen molar-refractivity contribution in [1.29, 1.82) is 0 Å². The van der Waals surface area contributed by atoms with Gasteiger partial charge in [0.2, 0.25) is 5.91 Å². The van der Waals surface area contributed by atoms with Crippen LogP contribution >= 0.6 is 23.4 Å². The van der Waals surface area contributed by atoms with Crippen molar-refractivity contribution in [3.63, 3.8) is 0 Å². The zero-order valence-electron chi connectivity index (χ0n) is 12.1. The summed E-state index contributed by atoms with van der Waals surface area (Å²) in [5.41, 5.74) is 0. The molecule has 0 aromatic heterocycles. The third kappa shape index (κ3) is 4.71. The average Bonchev–Trinajstić information content (AvgIpc) is 3.24. The number of benzene rings is 1. The van der Waals surface area contributed by atoms with Crippen LogP contribution in [-0.2, 0) is 4.79 Å². The van der Waals surface area contributed by atoms with E-state index in [0.717, 1.165) is 35.3 Å². The van der Waals surface area contributed by atoms with Crippen molar-refractivity contribution in [2.75, 3.05) is 13.1 Å². The van der Waals surface area contributed by atoms with Gasteiger partial charge in [0.25, 0.3) is 0 Å². The number of rotatable bonds is 7. The zero-order valence-corrected chi connectivity index (χ0v) is 13.7. The third-order valence-corrected chi connectivity index (χ3v) is 4.81. The van der Waals surface area contributed by atoms with E-state index in [0.29, 0.717) is 0 Å². The van der Waals surface area contributed by atoms with Gasteiger partial charge in [-0.15, -0.1) is 11.8 Å². The van der Waals surface area contributed by atoms with Gasteiger partial charge < -0.3 is 4.90 Å². The Kier molecular flexibility index (Phi) is 5.79. The van der Waals surface area contributed by atoms with Crippen LogP contribution in [0.5, 0.6) is 0 Å². The number of hydrogen-bond acceptors (Lipinski definition) is 2. The first kappa shape index (κ1) is 15.7. The zero-order chi connectivity index (χ0) is 14.5. The molecule has 1 saturated carbocycles. The summed E-state index contributed by atoms with van der Waals surface area (Å²) in [5.74, 6) is 1.01. The van der Waals surface area contributed by atoms with Gasteiger partial charge in [-0.3, -0.25) is 4.79 Å². The lowest BCUT2D eigenvalue weighted by molar-refractivity contribution is -0.130. The van der Waals surface area contributed by atoms with Gasteiger partial charge in [0.15, 0.2) is 0 Å². The van der Waals surface area contributed by atoms with E-state index in [-0.39, 0.29) is 11.2 Å². The Morgan fingerprint density at radius 3 is 2.60 bits per heavy atom. The van der Waals surface area contributed by atoms with Crippen molar-refractivity contribution >= 4 is 29.3 Å². The number of thioether (sulfide) groups is 1. The topological polar surface area (TPSA) is 20.3 Å². The molecule has 0 aliphatic heterocycles. The molecule has 20 heavy (non-hydrogen) atoms. The Hall–Kier alpha value is -0.670. The van der Waals surface area contributed by atoms with Crippen molar-refractivity contribution in [3.8, 4) is 0 Å². The Labute approximate surface area is 130 Å². The number of hydrogen-bond donors (Lipinski definition) is 0. The first-order valence-electron chi connectivity index (χ1n) is 7.31. The maximum Gasteiger partial charge on any atom is 0.235 e. The summed E-state index contributed by atoms with van der Waals surface area (Å²) in [6.45, 7) is 5.94. The molecular formula is C16H22ClNOS. The lowest BCUT2D eigenvalue weighted by atomic mass is 10.3. The highest BCUT2D eigenvalue weighted by atomic mass is 35.5. The molecule has 0 heterocycles. The van der Waals surface area contributed by atoms with Crippen molar-refractivity contribution in [2.24, 2.45) is 5.92 Å². The van der Waals surface area contributed by atoms with Crippen molar-refractivity contribution in [2.45, 2.75) is 43.3 Å². The summed E-state index contributed by atoms with van der Waals surface area (Å²) in [5, 5.41) is 0.691. The summed E-state index contributed by atoms with van der Waals surface area (Å²) < 4.78 is 0. The summed E-state index contributed by atoms with van der Waals surface area (Å²) in [4.78, 5) is 15.7. The number of nitrogens with zero attached hydrogens (tertiary/aromatic N) is 1. The molecule has 0 N–H and O–H groups in total. The minimum atomic E-state index is -0.0403. The van der Waals surface area contributed by atoms with Gasteiger partial charge in [-0.1, -0.05) is 18.5 Å². The maximum absolute atomic E-state index is 12.5. The highest BCUT2D eigenvalue weighted by molar-refractivity contribution is 8.00. The minimum Gasteiger partial charge on any atom is -0.341 e. The summed E-state index contributed by atoms with van der Waals surface area (Å²) >= 11 is 7.49. The Morgan fingerprint density at radius 2 is 2.05 bits per heavy atom. The van der Waals surface area contributed by atoms with Crippen LogP contribution in [0.1, 0.15) is 33.1 Å². The van der Waals surface area contributed by atoms with Gasteiger partial charge in [0.05, 0.1) is 5.25 Å². The molecular weight excluding hydrogens is 290 g/mol. The van der Waals surface area contributed by atoms with Crippen molar-refractivity contribution < 1.29 is 4.79 Å². The normalized spacial score (nSPS) is 15.9.